The van der Waals surface area contributed by atoms with Gasteiger partial charge in [0, 0.05) is 12.1 Å². The third kappa shape index (κ3) is 5.33. The summed E-state index contributed by atoms with van der Waals surface area (Å²) < 4.78 is 10.5. The summed E-state index contributed by atoms with van der Waals surface area (Å²) in [5, 5.41) is 2.93. The van der Waals surface area contributed by atoms with Gasteiger partial charge in [-0.05, 0) is 55.7 Å². The Kier molecular flexibility index (Phi) is 6.48. The SMILES string of the molecule is CCOc1ccc(CCCNC(=O)c2cccc(OC)c2)cc1. The molecule has 0 radical (unpaired) electrons. The molecular formula is C19H23NO3. The number of hydrogen-bond donors (Lipinski definition) is 1. The number of carbonyl (C=O) groups is 1. The maximum atomic E-state index is 12.1. The summed E-state index contributed by atoms with van der Waals surface area (Å²) >= 11 is 0. The number of carbonyl (C=O) groups excluding carboxylic acids is 1. The monoisotopic (exact) mass is 313 g/mol. The van der Waals surface area contributed by atoms with Crippen LogP contribution < -0.4 is 14.8 Å². The van der Waals surface area contributed by atoms with Crippen molar-refractivity contribution in [3.8, 4) is 11.5 Å². The molecule has 4 heteroatoms. The van der Waals surface area contributed by atoms with E-state index in [2.05, 4.69) is 17.4 Å². The molecule has 4 nitrogen and oxygen atoms in total. The second kappa shape index (κ2) is 8.83. The zero-order valence-corrected chi connectivity index (χ0v) is 13.7. The molecule has 0 atom stereocenters. The predicted molar refractivity (Wildman–Crippen MR) is 91.3 cm³/mol. The van der Waals surface area contributed by atoms with Gasteiger partial charge in [-0.1, -0.05) is 18.2 Å². The predicted octanol–water partition coefficient (Wildman–Crippen LogP) is 3.46. The molecular weight excluding hydrogens is 290 g/mol. The Hall–Kier alpha value is -2.49. The highest BCUT2D eigenvalue weighted by molar-refractivity contribution is 5.94. The van der Waals surface area contributed by atoms with Gasteiger partial charge in [-0.3, -0.25) is 4.79 Å². The van der Waals surface area contributed by atoms with Gasteiger partial charge in [0.25, 0.3) is 5.91 Å². The molecule has 0 bridgehead atoms. The average Bonchev–Trinajstić information content (AvgIpc) is 2.60. The van der Waals surface area contributed by atoms with E-state index in [4.69, 9.17) is 9.47 Å². The zero-order chi connectivity index (χ0) is 16.5. The van der Waals surface area contributed by atoms with Crippen LogP contribution in [0, 0.1) is 0 Å². The van der Waals surface area contributed by atoms with E-state index in [0.717, 1.165) is 18.6 Å². The van der Waals surface area contributed by atoms with Gasteiger partial charge in [0.15, 0.2) is 0 Å². The fourth-order valence-electron chi connectivity index (χ4n) is 2.28. The molecule has 1 N–H and O–H groups in total. The fourth-order valence-corrected chi connectivity index (χ4v) is 2.28. The lowest BCUT2D eigenvalue weighted by Crippen LogP contribution is -2.24. The second-order valence-electron chi connectivity index (χ2n) is 5.17. The van der Waals surface area contributed by atoms with Gasteiger partial charge in [0.1, 0.15) is 11.5 Å². The standard InChI is InChI=1S/C19H23NO3/c1-3-23-17-11-9-15(10-12-17)6-5-13-20-19(21)16-7-4-8-18(14-16)22-2/h4,7-12,14H,3,5-6,13H2,1-2H3,(H,20,21). The van der Waals surface area contributed by atoms with Gasteiger partial charge in [-0.15, -0.1) is 0 Å². The summed E-state index contributed by atoms with van der Waals surface area (Å²) in [4.78, 5) is 12.1. The lowest BCUT2D eigenvalue weighted by molar-refractivity contribution is 0.0953. The first-order chi connectivity index (χ1) is 11.2. The minimum Gasteiger partial charge on any atom is -0.497 e. The number of nitrogens with one attached hydrogen (secondary N) is 1. The largest absolute Gasteiger partial charge is 0.497 e. The first-order valence-electron chi connectivity index (χ1n) is 7.87. The number of methoxy groups -OCH3 is 1. The van der Waals surface area contributed by atoms with Gasteiger partial charge in [-0.2, -0.15) is 0 Å². The van der Waals surface area contributed by atoms with E-state index < -0.39 is 0 Å². The molecule has 0 aliphatic heterocycles. The molecule has 0 heterocycles. The van der Waals surface area contributed by atoms with Crippen molar-refractivity contribution >= 4 is 5.91 Å². The van der Waals surface area contributed by atoms with Crippen LogP contribution in [0.3, 0.4) is 0 Å². The van der Waals surface area contributed by atoms with Crippen LogP contribution in [0.15, 0.2) is 48.5 Å². The Bertz CT molecular complexity index is 623. The Balaban J connectivity index is 1.75. The van der Waals surface area contributed by atoms with Gasteiger partial charge in [-0.25, -0.2) is 0 Å². The number of aryl methyl sites for hydroxylation is 1. The van der Waals surface area contributed by atoms with Crippen molar-refractivity contribution in [1.29, 1.82) is 0 Å². The smallest absolute Gasteiger partial charge is 0.251 e. The maximum absolute atomic E-state index is 12.1. The Morgan fingerprint density at radius 2 is 1.87 bits per heavy atom. The molecule has 0 aliphatic carbocycles. The first kappa shape index (κ1) is 16.9. The Morgan fingerprint density at radius 3 is 2.57 bits per heavy atom. The van der Waals surface area contributed by atoms with E-state index in [-0.39, 0.29) is 5.91 Å². The lowest BCUT2D eigenvalue weighted by Gasteiger charge is -2.07. The number of hydrogen-bond acceptors (Lipinski definition) is 3. The lowest BCUT2D eigenvalue weighted by atomic mass is 10.1. The first-order valence-corrected chi connectivity index (χ1v) is 7.87. The van der Waals surface area contributed by atoms with Crippen molar-refractivity contribution in [1.82, 2.24) is 5.32 Å². The van der Waals surface area contributed by atoms with Crippen molar-refractivity contribution in [2.24, 2.45) is 0 Å². The molecule has 0 saturated carbocycles. The summed E-state index contributed by atoms with van der Waals surface area (Å²) in [5.41, 5.74) is 1.86. The second-order valence-corrected chi connectivity index (χ2v) is 5.17. The summed E-state index contributed by atoms with van der Waals surface area (Å²) in [6.07, 6.45) is 1.81. The van der Waals surface area contributed by atoms with Crippen LogP contribution >= 0.6 is 0 Å². The van der Waals surface area contributed by atoms with Crippen LogP contribution in [0.5, 0.6) is 11.5 Å². The van der Waals surface area contributed by atoms with Crippen LogP contribution in [0.4, 0.5) is 0 Å². The molecule has 0 unspecified atom stereocenters. The van der Waals surface area contributed by atoms with Crippen molar-refractivity contribution in [2.45, 2.75) is 19.8 Å². The molecule has 1 amide bonds. The third-order valence-electron chi connectivity index (χ3n) is 3.49. The minimum absolute atomic E-state index is 0.0735. The van der Waals surface area contributed by atoms with Gasteiger partial charge in [0.2, 0.25) is 0 Å². The number of amides is 1. The van der Waals surface area contributed by atoms with E-state index in [9.17, 15) is 4.79 Å². The molecule has 122 valence electrons. The molecule has 0 aromatic heterocycles. The molecule has 23 heavy (non-hydrogen) atoms. The van der Waals surface area contributed by atoms with E-state index in [1.54, 1.807) is 19.2 Å². The molecule has 0 spiro atoms. The van der Waals surface area contributed by atoms with Crippen LogP contribution in [0.1, 0.15) is 29.3 Å². The zero-order valence-electron chi connectivity index (χ0n) is 13.7. The minimum atomic E-state index is -0.0735. The van der Waals surface area contributed by atoms with E-state index in [1.165, 1.54) is 5.56 Å². The Labute approximate surface area is 137 Å². The highest BCUT2D eigenvalue weighted by Crippen LogP contribution is 2.14. The van der Waals surface area contributed by atoms with Gasteiger partial charge >= 0.3 is 0 Å². The van der Waals surface area contributed by atoms with Crippen LogP contribution in [-0.4, -0.2) is 26.2 Å². The maximum Gasteiger partial charge on any atom is 0.251 e. The van der Waals surface area contributed by atoms with Crippen molar-refractivity contribution in [2.75, 3.05) is 20.3 Å². The number of benzene rings is 2. The van der Waals surface area contributed by atoms with Crippen LogP contribution in [0.2, 0.25) is 0 Å². The molecule has 0 fully saturated rings. The molecule has 2 aromatic rings. The number of rotatable bonds is 8. The van der Waals surface area contributed by atoms with E-state index in [0.29, 0.717) is 24.5 Å². The number of ether oxygens (including phenoxy) is 2. The summed E-state index contributed by atoms with van der Waals surface area (Å²) in [5.74, 6) is 1.50. The van der Waals surface area contributed by atoms with Crippen molar-refractivity contribution < 1.29 is 14.3 Å². The highest BCUT2D eigenvalue weighted by atomic mass is 16.5. The molecule has 0 aliphatic rings. The molecule has 0 saturated heterocycles. The summed E-state index contributed by atoms with van der Waals surface area (Å²) in [7, 11) is 1.59. The molecule has 2 rings (SSSR count). The highest BCUT2D eigenvalue weighted by Gasteiger charge is 2.05. The summed E-state index contributed by atoms with van der Waals surface area (Å²) in [6.45, 7) is 3.29. The van der Waals surface area contributed by atoms with Crippen molar-refractivity contribution in [3.05, 3.63) is 59.7 Å². The normalized spacial score (nSPS) is 10.2. The Morgan fingerprint density at radius 1 is 1.09 bits per heavy atom. The van der Waals surface area contributed by atoms with Crippen LogP contribution in [0.25, 0.3) is 0 Å². The molecule has 2 aromatic carbocycles. The van der Waals surface area contributed by atoms with Gasteiger partial charge in [0.05, 0.1) is 13.7 Å². The third-order valence-corrected chi connectivity index (χ3v) is 3.49. The summed E-state index contributed by atoms with van der Waals surface area (Å²) in [6, 6.07) is 15.2. The average molecular weight is 313 g/mol. The topological polar surface area (TPSA) is 47.6 Å². The van der Waals surface area contributed by atoms with Crippen LogP contribution in [-0.2, 0) is 6.42 Å². The van der Waals surface area contributed by atoms with Gasteiger partial charge < -0.3 is 14.8 Å². The van der Waals surface area contributed by atoms with Crippen molar-refractivity contribution in [3.63, 3.8) is 0 Å². The quantitative estimate of drug-likeness (QED) is 0.759. The fraction of sp³-hybridized carbons (Fsp3) is 0.316. The van der Waals surface area contributed by atoms with E-state index >= 15 is 0 Å². The van der Waals surface area contributed by atoms with E-state index in [1.807, 2.05) is 31.2 Å².